The third kappa shape index (κ3) is 5.96. The molecule has 0 atom stereocenters. The highest BCUT2D eigenvalue weighted by Gasteiger charge is 2.31. The summed E-state index contributed by atoms with van der Waals surface area (Å²) in [7, 11) is -5.64. The normalized spacial score (nSPS) is 13.6. The third-order valence-electron chi connectivity index (χ3n) is 6.70. The Balaban J connectivity index is 1.89. The van der Waals surface area contributed by atoms with E-state index in [4.69, 9.17) is 0 Å². The quantitative estimate of drug-likeness (QED) is 0.181. The second-order valence-corrected chi connectivity index (χ2v) is 38.3. The highest BCUT2D eigenvalue weighted by Crippen LogP contribution is 2.42. The highest BCUT2D eigenvalue weighted by atomic mass is 32.1. The maximum absolute atomic E-state index is 2.58. The van der Waals surface area contributed by atoms with Gasteiger partial charge in [0.25, 0.3) is 0 Å². The van der Waals surface area contributed by atoms with Crippen LogP contribution in [0.2, 0.25) is 78.6 Å². The molecule has 0 saturated heterocycles. The molecule has 4 aromatic rings. The van der Waals surface area contributed by atoms with Crippen LogP contribution in [0.5, 0.6) is 0 Å². The van der Waals surface area contributed by atoms with Crippen molar-refractivity contribution in [1.29, 1.82) is 0 Å². The maximum Gasteiger partial charge on any atom is 0.0795 e. The first-order chi connectivity index (χ1) is 16.4. The topological polar surface area (TPSA) is 0 Å². The highest BCUT2D eigenvalue weighted by molar-refractivity contribution is 7.31. The van der Waals surface area contributed by atoms with Crippen molar-refractivity contribution >= 4 is 98.4 Å². The number of hydrogen-bond acceptors (Lipinski definition) is 4. The molecule has 4 heterocycles. The summed E-state index contributed by atoms with van der Waals surface area (Å²) < 4.78 is 0. The molecule has 0 bridgehead atoms. The van der Waals surface area contributed by atoms with Gasteiger partial charge < -0.3 is 0 Å². The first kappa shape index (κ1) is 28.7. The zero-order chi connectivity index (χ0) is 26.8. The monoisotopic (exact) mass is 618 g/mol. The van der Waals surface area contributed by atoms with Gasteiger partial charge in [0.2, 0.25) is 0 Å². The molecule has 4 aromatic heterocycles. The van der Waals surface area contributed by atoms with Crippen molar-refractivity contribution in [3.05, 3.63) is 35.0 Å². The van der Waals surface area contributed by atoms with Crippen LogP contribution < -0.4 is 20.7 Å². The van der Waals surface area contributed by atoms with Gasteiger partial charge in [0.05, 0.1) is 32.3 Å². The van der Waals surface area contributed by atoms with Gasteiger partial charge in [-0.1, -0.05) is 78.6 Å². The van der Waals surface area contributed by atoms with Crippen LogP contribution in [0.4, 0.5) is 0 Å². The molecular formula is C28H42S4Si4. The second kappa shape index (κ2) is 9.69. The Kier molecular flexibility index (Phi) is 7.72. The molecule has 0 aromatic carbocycles. The Bertz CT molecular complexity index is 1270. The fraction of sp³-hybridized carbons (Fsp3) is 0.429. The van der Waals surface area contributed by atoms with Crippen molar-refractivity contribution in [2.45, 2.75) is 78.6 Å². The fourth-order valence-corrected chi connectivity index (χ4v) is 18.1. The van der Waals surface area contributed by atoms with Gasteiger partial charge in [-0.15, -0.1) is 45.3 Å². The fourth-order valence-electron chi connectivity index (χ4n) is 4.19. The van der Waals surface area contributed by atoms with Gasteiger partial charge in [0, 0.05) is 29.3 Å². The first-order valence-corrected chi connectivity index (χ1v) is 30.2. The summed E-state index contributed by atoms with van der Waals surface area (Å²) in [6.07, 6.45) is 0. The van der Waals surface area contributed by atoms with E-state index in [0.29, 0.717) is 0 Å². The van der Waals surface area contributed by atoms with Gasteiger partial charge in [-0.25, -0.2) is 0 Å². The van der Waals surface area contributed by atoms with Crippen LogP contribution in [-0.2, 0) is 0 Å². The summed E-state index contributed by atoms with van der Waals surface area (Å²) >= 11 is 8.04. The molecular weight excluding hydrogens is 577 g/mol. The van der Waals surface area contributed by atoms with Crippen LogP contribution in [0.15, 0.2) is 35.0 Å². The Hall–Kier alpha value is -0.332. The smallest absolute Gasteiger partial charge is 0.0795 e. The minimum Gasteiger partial charge on any atom is -0.143 e. The summed E-state index contributed by atoms with van der Waals surface area (Å²) in [5.74, 6) is 0. The lowest BCUT2D eigenvalue weighted by Gasteiger charge is -2.20. The average molecular weight is 619 g/mol. The minimum atomic E-state index is -1.52. The van der Waals surface area contributed by atoms with Crippen LogP contribution in [0.3, 0.4) is 0 Å². The predicted octanol–water partition coefficient (Wildman–Crippen LogP) is 9.11. The lowest BCUT2D eigenvalue weighted by Crippen LogP contribution is -2.41. The second-order valence-electron chi connectivity index (χ2n) is 14.1. The lowest BCUT2D eigenvalue weighted by atomic mass is 10.3. The molecule has 0 aliphatic rings. The molecule has 0 fully saturated rings. The number of hydrogen-bond donors (Lipinski definition) is 0. The van der Waals surface area contributed by atoms with Crippen LogP contribution in [0.1, 0.15) is 0 Å². The Morgan fingerprint density at radius 3 is 1.00 bits per heavy atom. The van der Waals surface area contributed by atoms with E-state index in [1.807, 2.05) is 22.7 Å². The molecule has 0 aliphatic heterocycles. The molecule has 194 valence electrons. The van der Waals surface area contributed by atoms with Crippen LogP contribution in [-0.4, -0.2) is 32.3 Å². The molecule has 0 spiro atoms. The van der Waals surface area contributed by atoms with E-state index in [1.165, 1.54) is 19.5 Å². The minimum absolute atomic E-state index is 1.30. The van der Waals surface area contributed by atoms with Gasteiger partial charge >= 0.3 is 0 Å². The average Bonchev–Trinajstić information content (AvgIpc) is 3.50. The van der Waals surface area contributed by atoms with Gasteiger partial charge in [-0.05, 0) is 55.8 Å². The lowest BCUT2D eigenvalue weighted by molar-refractivity contribution is 1.74. The van der Waals surface area contributed by atoms with Gasteiger partial charge in [0.1, 0.15) is 0 Å². The molecule has 0 saturated carbocycles. The Labute approximate surface area is 239 Å². The molecule has 0 radical (unpaired) electrons. The van der Waals surface area contributed by atoms with Crippen molar-refractivity contribution in [3.8, 4) is 29.3 Å². The summed E-state index contributed by atoms with van der Waals surface area (Å²) in [5, 5.41) is 11.3. The summed E-state index contributed by atoms with van der Waals surface area (Å²) in [6.45, 7) is 29.9. The van der Waals surface area contributed by atoms with E-state index < -0.39 is 32.3 Å². The van der Waals surface area contributed by atoms with E-state index in [2.05, 4.69) is 136 Å². The van der Waals surface area contributed by atoms with Gasteiger partial charge in [0.15, 0.2) is 0 Å². The van der Waals surface area contributed by atoms with E-state index >= 15 is 0 Å². The summed E-state index contributed by atoms with van der Waals surface area (Å²) in [6, 6.07) is 10.2. The molecule has 0 N–H and O–H groups in total. The molecule has 0 unspecified atom stereocenters. The number of thiophene rings is 4. The molecule has 8 heteroatoms. The Morgan fingerprint density at radius 1 is 0.417 bits per heavy atom. The van der Waals surface area contributed by atoms with Gasteiger partial charge in [-0.3, -0.25) is 0 Å². The maximum atomic E-state index is 2.58. The van der Waals surface area contributed by atoms with E-state index in [0.717, 1.165) is 0 Å². The molecule has 0 amide bonds. The van der Waals surface area contributed by atoms with Crippen molar-refractivity contribution in [3.63, 3.8) is 0 Å². The van der Waals surface area contributed by atoms with Crippen molar-refractivity contribution < 1.29 is 0 Å². The predicted molar refractivity (Wildman–Crippen MR) is 186 cm³/mol. The van der Waals surface area contributed by atoms with E-state index in [1.54, 1.807) is 30.5 Å². The zero-order valence-corrected chi connectivity index (χ0v) is 31.4. The van der Waals surface area contributed by atoms with Crippen molar-refractivity contribution in [2.24, 2.45) is 0 Å². The van der Waals surface area contributed by atoms with E-state index in [-0.39, 0.29) is 0 Å². The first-order valence-electron chi connectivity index (χ1n) is 12.8. The summed E-state index contributed by atoms with van der Waals surface area (Å²) in [4.78, 5) is 9.03. The molecule has 0 nitrogen and oxygen atoms in total. The zero-order valence-electron chi connectivity index (χ0n) is 24.1. The van der Waals surface area contributed by atoms with Crippen molar-refractivity contribution in [2.75, 3.05) is 0 Å². The van der Waals surface area contributed by atoms with Crippen LogP contribution in [0, 0.1) is 0 Å². The SMILES string of the molecule is C[Si](C)(C)c1csc(-c2cc([Si](C)(C)C)c(-c3sc(-c4cc([Si](C)(C)C)cs4)cc3[Si](C)(C)C)s2)c1. The van der Waals surface area contributed by atoms with Gasteiger partial charge in [-0.2, -0.15) is 0 Å². The largest absolute Gasteiger partial charge is 0.143 e. The third-order valence-corrected chi connectivity index (χ3v) is 20.2. The number of rotatable bonds is 7. The van der Waals surface area contributed by atoms with Crippen molar-refractivity contribution in [1.82, 2.24) is 0 Å². The standard InChI is InChI=1S/C28H42S4Si4/c1-33(2,3)19-13-21(29-17-19)23-15-25(35(7,8)9)27(31-23)28-26(36(10,11)12)16-24(32-28)22-14-20(18-30-22)34(4,5)6/h13-18H,1-12H3. The molecule has 36 heavy (non-hydrogen) atoms. The summed E-state index contributed by atoms with van der Waals surface area (Å²) in [5.41, 5.74) is 0. The molecule has 4 rings (SSSR count). The molecule has 0 aliphatic carbocycles. The van der Waals surface area contributed by atoms with Crippen LogP contribution in [0.25, 0.3) is 29.3 Å². The van der Waals surface area contributed by atoms with Crippen LogP contribution >= 0.6 is 45.3 Å². The van der Waals surface area contributed by atoms with E-state index in [9.17, 15) is 0 Å². The Morgan fingerprint density at radius 2 is 0.750 bits per heavy atom.